The minimum Gasteiger partial charge on any atom is -0.394 e. The van der Waals surface area contributed by atoms with Crippen LogP contribution in [-0.2, 0) is 4.79 Å². The lowest BCUT2D eigenvalue weighted by molar-refractivity contribution is -0.123. The summed E-state index contributed by atoms with van der Waals surface area (Å²) in [6.45, 7) is 4.29. The first-order valence-electron chi connectivity index (χ1n) is 21.2. The molecule has 0 aliphatic rings. The maximum atomic E-state index is 12.3. The fourth-order valence-electron chi connectivity index (χ4n) is 6.31. The van der Waals surface area contributed by atoms with E-state index in [4.69, 9.17) is 0 Å². The number of rotatable bonds is 38. The molecule has 0 spiro atoms. The Bertz CT molecular complexity index is 731. The van der Waals surface area contributed by atoms with Crippen molar-refractivity contribution in [2.24, 2.45) is 0 Å². The fourth-order valence-corrected chi connectivity index (χ4v) is 6.31. The van der Waals surface area contributed by atoms with E-state index < -0.39 is 12.1 Å². The van der Waals surface area contributed by atoms with Gasteiger partial charge in [0.05, 0.1) is 18.8 Å². The number of nitrogens with one attached hydrogen (secondary N) is 1. The minimum absolute atomic E-state index is 0.0825. The van der Waals surface area contributed by atoms with E-state index in [9.17, 15) is 15.0 Å². The zero-order valence-corrected chi connectivity index (χ0v) is 32.3. The number of unbranched alkanes of at least 4 members (excludes halogenated alkanes) is 27. The first-order valence-corrected chi connectivity index (χ1v) is 21.2. The number of carbonyl (C=O) groups is 1. The Morgan fingerprint density at radius 1 is 0.479 bits per heavy atom. The second-order valence-corrected chi connectivity index (χ2v) is 14.4. The van der Waals surface area contributed by atoms with Crippen LogP contribution in [-0.4, -0.2) is 34.9 Å². The van der Waals surface area contributed by atoms with Crippen LogP contribution in [0, 0.1) is 0 Å². The normalized spacial score (nSPS) is 13.3. The molecule has 3 N–H and O–H groups in total. The Hall–Kier alpha value is -1.39. The molecule has 282 valence electrons. The Morgan fingerprint density at radius 3 is 1.21 bits per heavy atom. The SMILES string of the molecule is CCCCCCCC/C=C\CCCCCCCC(=O)NC(CO)C(O)/C=C/CC/C=C/CCCCCCCCCCCCCCCCC. The average Bonchev–Trinajstić information content (AvgIpc) is 3.09. The molecule has 0 aromatic carbocycles. The quantitative estimate of drug-likeness (QED) is 0.0451. The number of aliphatic hydroxyl groups is 2. The third-order valence-electron chi connectivity index (χ3n) is 9.60. The van der Waals surface area contributed by atoms with Crippen LogP contribution in [0.2, 0.25) is 0 Å². The smallest absolute Gasteiger partial charge is 0.220 e. The summed E-state index contributed by atoms with van der Waals surface area (Å²) in [6.07, 6.45) is 52.5. The second-order valence-electron chi connectivity index (χ2n) is 14.4. The number of hydrogen-bond donors (Lipinski definition) is 3. The molecule has 0 saturated carbocycles. The Labute approximate surface area is 300 Å². The molecule has 4 nitrogen and oxygen atoms in total. The molecule has 4 heteroatoms. The molecule has 0 aromatic heterocycles. The lowest BCUT2D eigenvalue weighted by Crippen LogP contribution is -2.45. The van der Waals surface area contributed by atoms with Crippen LogP contribution in [0.15, 0.2) is 36.5 Å². The van der Waals surface area contributed by atoms with Crippen LogP contribution in [0.25, 0.3) is 0 Å². The molecule has 0 aromatic rings. The molecule has 0 radical (unpaired) electrons. The average molecular weight is 674 g/mol. The van der Waals surface area contributed by atoms with Gasteiger partial charge in [-0.15, -0.1) is 0 Å². The highest BCUT2D eigenvalue weighted by Gasteiger charge is 2.17. The summed E-state index contributed by atoms with van der Waals surface area (Å²) in [4.78, 5) is 12.3. The third-order valence-corrected chi connectivity index (χ3v) is 9.60. The van der Waals surface area contributed by atoms with Gasteiger partial charge in [0.1, 0.15) is 0 Å². The van der Waals surface area contributed by atoms with Crippen LogP contribution in [0.3, 0.4) is 0 Å². The van der Waals surface area contributed by atoms with Crippen LogP contribution >= 0.6 is 0 Å². The zero-order valence-electron chi connectivity index (χ0n) is 32.3. The second kappa shape index (κ2) is 40.0. The van der Waals surface area contributed by atoms with Crippen LogP contribution < -0.4 is 5.32 Å². The van der Waals surface area contributed by atoms with E-state index in [1.807, 2.05) is 6.08 Å². The van der Waals surface area contributed by atoms with E-state index in [1.165, 1.54) is 154 Å². The molecule has 2 atom stereocenters. The number of allylic oxidation sites excluding steroid dienone is 5. The molecular formula is C44H83NO3. The van der Waals surface area contributed by atoms with Crippen LogP contribution in [0.4, 0.5) is 0 Å². The summed E-state index contributed by atoms with van der Waals surface area (Å²) in [6, 6.07) is -0.641. The maximum absolute atomic E-state index is 12.3. The number of carbonyl (C=O) groups excluding carboxylic acids is 1. The summed E-state index contributed by atoms with van der Waals surface area (Å²) in [5.74, 6) is -0.0825. The van der Waals surface area contributed by atoms with Gasteiger partial charge in [0.25, 0.3) is 0 Å². The standard InChI is InChI=1S/C44H83NO3/c1-3-5-7-9-11-13-15-17-19-20-21-22-23-24-26-27-29-31-33-35-37-39-43(47)42(41-46)45-44(48)40-38-36-34-32-30-28-25-18-16-14-12-10-8-6-4-2/h18,25,29,31,37,39,42-43,46-47H,3-17,19-24,26-28,30,32-36,38,40-41H2,1-2H3,(H,45,48)/b25-18-,31-29+,39-37+. The number of amides is 1. The molecule has 1 amide bonds. The first kappa shape index (κ1) is 46.6. The fraction of sp³-hybridized carbons (Fsp3) is 0.841. The Balaban J connectivity index is 3.63. The van der Waals surface area contributed by atoms with E-state index >= 15 is 0 Å². The molecule has 0 aliphatic carbocycles. The molecule has 0 fully saturated rings. The highest BCUT2D eigenvalue weighted by molar-refractivity contribution is 5.76. The lowest BCUT2D eigenvalue weighted by atomic mass is 10.0. The van der Waals surface area contributed by atoms with Gasteiger partial charge in [-0.3, -0.25) is 4.79 Å². The summed E-state index contributed by atoms with van der Waals surface area (Å²) < 4.78 is 0. The monoisotopic (exact) mass is 674 g/mol. The minimum atomic E-state index is -0.864. The van der Waals surface area contributed by atoms with Gasteiger partial charge in [0.2, 0.25) is 5.91 Å². The molecule has 0 heterocycles. The van der Waals surface area contributed by atoms with Crippen molar-refractivity contribution in [3.8, 4) is 0 Å². The van der Waals surface area contributed by atoms with Gasteiger partial charge < -0.3 is 15.5 Å². The third kappa shape index (κ3) is 35.9. The maximum Gasteiger partial charge on any atom is 0.220 e. The summed E-state index contributed by atoms with van der Waals surface area (Å²) >= 11 is 0. The molecule has 0 saturated heterocycles. The summed E-state index contributed by atoms with van der Waals surface area (Å²) in [7, 11) is 0. The molecule has 2 unspecified atom stereocenters. The van der Waals surface area contributed by atoms with Gasteiger partial charge in [0, 0.05) is 6.42 Å². The topological polar surface area (TPSA) is 69.6 Å². The predicted octanol–water partition coefficient (Wildman–Crippen LogP) is 13.0. The highest BCUT2D eigenvalue weighted by Crippen LogP contribution is 2.14. The van der Waals surface area contributed by atoms with E-state index in [0.29, 0.717) is 6.42 Å². The van der Waals surface area contributed by atoms with Gasteiger partial charge in [-0.2, -0.15) is 0 Å². The van der Waals surface area contributed by atoms with E-state index in [2.05, 4.69) is 43.5 Å². The first-order chi connectivity index (χ1) is 23.7. The highest BCUT2D eigenvalue weighted by atomic mass is 16.3. The van der Waals surface area contributed by atoms with Crippen molar-refractivity contribution >= 4 is 5.91 Å². The molecule has 0 rings (SSSR count). The van der Waals surface area contributed by atoms with Crippen LogP contribution in [0.1, 0.15) is 219 Å². The van der Waals surface area contributed by atoms with Gasteiger partial charge in [-0.05, 0) is 57.8 Å². The number of hydrogen-bond acceptors (Lipinski definition) is 3. The van der Waals surface area contributed by atoms with Crippen molar-refractivity contribution in [3.05, 3.63) is 36.5 Å². The molecular weight excluding hydrogens is 590 g/mol. The lowest BCUT2D eigenvalue weighted by Gasteiger charge is -2.19. The van der Waals surface area contributed by atoms with Crippen LogP contribution in [0.5, 0.6) is 0 Å². The van der Waals surface area contributed by atoms with Crippen molar-refractivity contribution in [3.63, 3.8) is 0 Å². The predicted molar refractivity (Wildman–Crippen MR) is 212 cm³/mol. The molecule has 48 heavy (non-hydrogen) atoms. The van der Waals surface area contributed by atoms with E-state index in [1.54, 1.807) is 6.08 Å². The van der Waals surface area contributed by atoms with Crippen molar-refractivity contribution < 1.29 is 15.0 Å². The molecule has 0 aliphatic heterocycles. The number of aliphatic hydroxyl groups excluding tert-OH is 2. The van der Waals surface area contributed by atoms with Crippen molar-refractivity contribution in [2.75, 3.05) is 6.61 Å². The largest absolute Gasteiger partial charge is 0.394 e. The van der Waals surface area contributed by atoms with Gasteiger partial charge in [-0.1, -0.05) is 192 Å². The molecule has 0 bridgehead atoms. The Kier molecular flexibility index (Phi) is 38.9. The Morgan fingerprint density at radius 2 is 0.812 bits per heavy atom. The van der Waals surface area contributed by atoms with Crippen molar-refractivity contribution in [1.29, 1.82) is 0 Å². The van der Waals surface area contributed by atoms with E-state index in [-0.39, 0.29) is 12.5 Å². The van der Waals surface area contributed by atoms with Gasteiger partial charge in [0.15, 0.2) is 0 Å². The summed E-state index contributed by atoms with van der Waals surface area (Å²) in [5.41, 5.74) is 0. The van der Waals surface area contributed by atoms with E-state index in [0.717, 1.165) is 44.9 Å². The van der Waals surface area contributed by atoms with Gasteiger partial charge >= 0.3 is 0 Å². The van der Waals surface area contributed by atoms with Gasteiger partial charge in [-0.25, -0.2) is 0 Å². The summed E-state index contributed by atoms with van der Waals surface area (Å²) in [5, 5.41) is 22.9. The van der Waals surface area contributed by atoms with Crippen molar-refractivity contribution in [1.82, 2.24) is 5.32 Å². The van der Waals surface area contributed by atoms with Crippen molar-refractivity contribution in [2.45, 2.75) is 231 Å². The zero-order chi connectivity index (χ0) is 35.0.